The van der Waals surface area contributed by atoms with Gasteiger partial charge in [0.15, 0.2) is 0 Å². The molecular formula is C10H15ClO. The van der Waals surface area contributed by atoms with Crippen LogP contribution in [0.5, 0.6) is 0 Å². The summed E-state index contributed by atoms with van der Waals surface area (Å²) in [6.45, 7) is 0. The lowest BCUT2D eigenvalue weighted by Crippen LogP contribution is -2.54. The van der Waals surface area contributed by atoms with E-state index in [1.165, 1.54) is 19.3 Å². The molecule has 0 aromatic rings. The molecule has 0 amide bonds. The van der Waals surface area contributed by atoms with Gasteiger partial charge in [0.25, 0.3) is 0 Å². The molecule has 4 fully saturated rings. The second kappa shape index (κ2) is 2.19. The first kappa shape index (κ1) is 7.64. The van der Waals surface area contributed by atoms with E-state index < -0.39 is 0 Å². The van der Waals surface area contributed by atoms with Crippen molar-refractivity contribution < 1.29 is 5.11 Å². The molecule has 4 aliphatic carbocycles. The van der Waals surface area contributed by atoms with E-state index in [0.717, 1.165) is 18.8 Å². The molecule has 2 heteroatoms. The fourth-order valence-electron chi connectivity index (χ4n) is 3.90. The van der Waals surface area contributed by atoms with Gasteiger partial charge in [0.05, 0.1) is 6.10 Å². The van der Waals surface area contributed by atoms with E-state index in [2.05, 4.69) is 0 Å². The summed E-state index contributed by atoms with van der Waals surface area (Å²) in [6.07, 6.45) is 5.83. The predicted molar refractivity (Wildman–Crippen MR) is 48.1 cm³/mol. The van der Waals surface area contributed by atoms with Crippen LogP contribution in [0.3, 0.4) is 0 Å². The van der Waals surface area contributed by atoms with Crippen molar-refractivity contribution in [2.45, 2.75) is 43.1 Å². The maximum absolute atomic E-state index is 9.88. The highest BCUT2D eigenvalue weighted by Gasteiger charge is 2.54. The van der Waals surface area contributed by atoms with Gasteiger partial charge in [-0.05, 0) is 49.9 Å². The molecule has 0 unspecified atom stereocenters. The van der Waals surface area contributed by atoms with Gasteiger partial charge in [-0.1, -0.05) is 0 Å². The van der Waals surface area contributed by atoms with Crippen molar-refractivity contribution in [2.75, 3.05) is 0 Å². The molecular weight excluding hydrogens is 172 g/mol. The van der Waals surface area contributed by atoms with E-state index in [-0.39, 0.29) is 11.0 Å². The fraction of sp³-hybridized carbons (Fsp3) is 1.00. The minimum Gasteiger partial charge on any atom is -0.393 e. The quantitative estimate of drug-likeness (QED) is 0.575. The van der Waals surface area contributed by atoms with Crippen LogP contribution < -0.4 is 0 Å². The van der Waals surface area contributed by atoms with Crippen molar-refractivity contribution >= 4 is 11.6 Å². The molecule has 0 aromatic carbocycles. The lowest BCUT2D eigenvalue weighted by atomic mass is 9.54. The standard InChI is InChI=1S/C10H15ClO/c11-10-3-6-1-7(4-10)9(12)8(2-6)5-10/h6-9,12H,1-5H2/t6?,7-,8-,9?,10?/m0/s1. The molecule has 1 nitrogen and oxygen atoms in total. The van der Waals surface area contributed by atoms with Gasteiger partial charge in [0.2, 0.25) is 0 Å². The largest absolute Gasteiger partial charge is 0.393 e. The molecule has 0 radical (unpaired) electrons. The molecule has 0 saturated heterocycles. The van der Waals surface area contributed by atoms with E-state index in [1.807, 2.05) is 0 Å². The van der Waals surface area contributed by atoms with Crippen molar-refractivity contribution in [2.24, 2.45) is 17.8 Å². The van der Waals surface area contributed by atoms with Crippen molar-refractivity contribution in [3.8, 4) is 0 Å². The van der Waals surface area contributed by atoms with E-state index in [0.29, 0.717) is 11.8 Å². The smallest absolute Gasteiger partial charge is 0.0598 e. The Morgan fingerprint density at radius 2 is 1.67 bits per heavy atom. The van der Waals surface area contributed by atoms with Crippen LogP contribution in [0.15, 0.2) is 0 Å². The predicted octanol–water partition coefficient (Wildman–Crippen LogP) is 2.16. The summed E-state index contributed by atoms with van der Waals surface area (Å²) in [5, 5.41) is 9.88. The zero-order valence-electron chi connectivity index (χ0n) is 7.17. The van der Waals surface area contributed by atoms with Crippen LogP contribution in [0, 0.1) is 17.8 Å². The summed E-state index contributed by atoms with van der Waals surface area (Å²) in [4.78, 5) is 0.0930. The summed E-state index contributed by atoms with van der Waals surface area (Å²) in [6, 6.07) is 0. The Labute approximate surface area is 78.1 Å². The monoisotopic (exact) mass is 186 g/mol. The molecule has 12 heavy (non-hydrogen) atoms. The van der Waals surface area contributed by atoms with Gasteiger partial charge in [-0.15, -0.1) is 11.6 Å². The van der Waals surface area contributed by atoms with E-state index in [9.17, 15) is 5.11 Å². The van der Waals surface area contributed by atoms with Crippen LogP contribution in [0.25, 0.3) is 0 Å². The number of rotatable bonds is 0. The molecule has 4 saturated carbocycles. The summed E-state index contributed by atoms with van der Waals surface area (Å²) in [5.74, 6) is 1.91. The lowest BCUT2D eigenvalue weighted by molar-refractivity contribution is -0.0831. The average Bonchev–Trinajstić information content (AvgIpc) is 1.96. The number of halogens is 1. The third kappa shape index (κ3) is 0.898. The molecule has 0 spiro atoms. The first-order chi connectivity index (χ1) is 5.66. The Kier molecular flexibility index (Phi) is 1.39. The maximum Gasteiger partial charge on any atom is 0.0598 e. The van der Waals surface area contributed by atoms with Crippen LogP contribution in [0.1, 0.15) is 32.1 Å². The fourth-order valence-corrected chi connectivity index (χ4v) is 4.51. The molecule has 4 rings (SSSR count). The minimum absolute atomic E-state index is 0.0200. The van der Waals surface area contributed by atoms with Crippen molar-refractivity contribution in [1.29, 1.82) is 0 Å². The number of hydrogen-bond donors (Lipinski definition) is 1. The molecule has 68 valence electrons. The normalized spacial score (nSPS) is 62.5. The summed E-state index contributed by atoms with van der Waals surface area (Å²) in [5.41, 5.74) is 0. The van der Waals surface area contributed by atoms with Crippen LogP contribution in [0.2, 0.25) is 0 Å². The summed E-state index contributed by atoms with van der Waals surface area (Å²) < 4.78 is 0. The van der Waals surface area contributed by atoms with Gasteiger partial charge in [0.1, 0.15) is 0 Å². The number of aliphatic hydroxyl groups is 1. The average molecular weight is 187 g/mol. The van der Waals surface area contributed by atoms with Gasteiger partial charge in [-0.2, -0.15) is 0 Å². The van der Waals surface area contributed by atoms with Crippen molar-refractivity contribution in [3.63, 3.8) is 0 Å². The van der Waals surface area contributed by atoms with Gasteiger partial charge in [-0.3, -0.25) is 0 Å². The lowest BCUT2D eigenvalue weighted by Gasteiger charge is -2.56. The second-order valence-electron chi connectivity index (χ2n) is 5.11. The van der Waals surface area contributed by atoms with E-state index in [1.54, 1.807) is 0 Å². The topological polar surface area (TPSA) is 20.2 Å². The zero-order chi connectivity index (χ0) is 8.34. The SMILES string of the molecule is OC1[C@H]2CC3C[C@H]1CC(Cl)(C3)C2. The Morgan fingerprint density at radius 1 is 1.08 bits per heavy atom. The Balaban J connectivity index is 1.95. The Hall–Kier alpha value is 0.250. The highest BCUT2D eigenvalue weighted by molar-refractivity contribution is 6.24. The van der Waals surface area contributed by atoms with E-state index >= 15 is 0 Å². The Bertz CT molecular complexity index is 200. The molecule has 4 aliphatic rings. The number of aliphatic hydroxyl groups excluding tert-OH is 1. The third-order valence-electron chi connectivity index (χ3n) is 4.15. The van der Waals surface area contributed by atoms with Crippen LogP contribution in [-0.2, 0) is 0 Å². The maximum atomic E-state index is 9.88. The molecule has 0 aliphatic heterocycles. The highest BCUT2D eigenvalue weighted by Crippen LogP contribution is 2.58. The number of hydrogen-bond acceptors (Lipinski definition) is 1. The second-order valence-corrected chi connectivity index (χ2v) is 5.91. The molecule has 1 N–H and O–H groups in total. The van der Waals surface area contributed by atoms with Gasteiger partial charge < -0.3 is 5.11 Å². The van der Waals surface area contributed by atoms with Crippen LogP contribution in [-0.4, -0.2) is 16.1 Å². The van der Waals surface area contributed by atoms with Crippen molar-refractivity contribution in [3.05, 3.63) is 0 Å². The molecule has 2 atom stereocenters. The first-order valence-electron chi connectivity index (χ1n) is 5.03. The minimum atomic E-state index is -0.0200. The third-order valence-corrected chi connectivity index (χ3v) is 4.61. The van der Waals surface area contributed by atoms with Crippen LogP contribution in [0.4, 0.5) is 0 Å². The number of alkyl halides is 1. The highest BCUT2D eigenvalue weighted by atomic mass is 35.5. The van der Waals surface area contributed by atoms with Crippen LogP contribution >= 0.6 is 11.6 Å². The molecule has 4 bridgehead atoms. The first-order valence-corrected chi connectivity index (χ1v) is 5.41. The molecule has 0 aromatic heterocycles. The summed E-state index contributed by atoms with van der Waals surface area (Å²) >= 11 is 6.49. The van der Waals surface area contributed by atoms with Gasteiger partial charge in [-0.25, -0.2) is 0 Å². The van der Waals surface area contributed by atoms with Gasteiger partial charge in [0, 0.05) is 4.87 Å². The van der Waals surface area contributed by atoms with Gasteiger partial charge >= 0.3 is 0 Å². The summed E-state index contributed by atoms with van der Waals surface area (Å²) in [7, 11) is 0. The Morgan fingerprint density at radius 3 is 2.17 bits per heavy atom. The van der Waals surface area contributed by atoms with Crippen molar-refractivity contribution in [1.82, 2.24) is 0 Å². The molecule has 0 heterocycles. The zero-order valence-corrected chi connectivity index (χ0v) is 7.93. The van der Waals surface area contributed by atoms with E-state index in [4.69, 9.17) is 11.6 Å².